The van der Waals surface area contributed by atoms with Crippen LogP contribution in [0.15, 0.2) is 0 Å². The van der Waals surface area contributed by atoms with Gasteiger partial charge in [0.2, 0.25) is 0 Å². The Bertz CT molecular complexity index is 81.4. The van der Waals surface area contributed by atoms with E-state index in [1.807, 2.05) is 0 Å². The van der Waals surface area contributed by atoms with E-state index in [9.17, 15) is 14.4 Å². The molecule has 0 N–H and O–H groups in total. The number of rotatable bonds is 1. The molecule has 38 valence electrons. The SMILES string of the molecule is O=P([O-])([O-])CS.[Na+].[Na+]. The van der Waals surface area contributed by atoms with Crippen LogP contribution in [0.4, 0.5) is 0 Å². The van der Waals surface area contributed by atoms with Gasteiger partial charge in [-0.25, -0.2) is 0 Å². The molecule has 0 rings (SSSR count). The van der Waals surface area contributed by atoms with Gasteiger partial charge in [0.05, 0.1) is 0 Å². The van der Waals surface area contributed by atoms with Crippen molar-refractivity contribution in [1.29, 1.82) is 0 Å². The number of hydrogen-bond donors (Lipinski definition) is 1. The van der Waals surface area contributed by atoms with Crippen LogP contribution < -0.4 is 68.9 Å². The van der Waals surface area contributed by atoms with Gasteiger partial charge in [-0.3, -0.25) is 0 Å². The third-order valence-electron chi connectivity index (χ3n) is 0.173. The van der Waals surface area contributed by atoms with E-state index in [2.05, 4.69) is 12.6 Å². The zero-order valence-corrected chi connectivity index (χ0v) is 10.6. The van der Waals surface area contributed by atoms with Crippen molar-refractivity contribution < 1.29 is 73.5 Å². The predicted molar refractivity (Wildman–Crippen MR) is 21.5 cm³/mol. The van der Waals surface area contributed by atoms with Crippen molar-refractivity contribution in [3.8, 4) is 0 Å². The van der Waals surface area contributed by atoms with Crippen molar-refractivity contribution in [2.24, 2.45) is 0 Å². The van der Waals surface area contributed by atoms with Gasteiger partial charge in [-0.15, -0.1) is 0 Å². The zero-order valence-electron chi connectivity index (χ0n) is 4.83. The summed E-state index contributed by atoms with van der Waals surface area (Å²) in [5, 5.41) is 0. The molecule has 0 fully saturated rings. The predicted octanol–water partition coefficient (Wildman–Crippen LogP) is -7.20. The van der Waals surface area contributed by atoms with Crippen molar-refractivity contribution >= 4 is 20.2 Å². The Morgan fingerprint density at radius 3 is 1.50 bits per heavy atom. The van der Waals surface area contributed by atoms with Crippen LogP contribution in [-0.4, -0.2) is 5.49 Å². The standard InChI is InChI=1S/CH5O3PS.2Na/c2-5(3,4)1-6;;/h6H,1H2,(H2,2,3,4);;/q;2*+1/p-2. The first-order valence-corrected chi connectivity index (χ1v) is 3.54. The summed E-state index contributed by atoms with van der Waals surface area (Å²) in [4.78, 5) is 18.8. The number of hydrogen-bond acceptors (Lipinski definition) is 4. The van der Waals surface area contributed by atoms with Crippen molar-refractivity contribution in [1.82, 2.24) is 0 Å². The Morgan fingerprint density at radius 2 is 1.50 bits per heavy atom. The quantitative estimate of drug-likeness (QED) is 0.243. The van der Waals surface area contributed by atoms with Gasteiger partial charge >= 0.3 is 59.1 Å². The van der Waals surface area contributed by atoms with Gasteiger partial charge in [-0.1, -0.05) is 7.60 Å². The molecule has 8 heavy (non-hydrogen) atoms. The molecule has 0 spiro atoms. The van der Waals surface area contributed by atoms with Crippen LogP contribution >= 0.6 is 20.2 Å². The van der Waals surface area contributed by atoms with Gasteiger partial charge in [-0.2, -0.15) is 12.6 Å². The first-order valence-electron chi connectivity index (χ1n) is 1.18. The molecule has 0 aromatic rings. The molecule has 0 aliphatic rings. The molecule has 0 atom stereocenters. The monoisotopic (exact) mass is 172 g/mol. The van der Waals surface area contributed by atoms with Gasteiger partial charge in [0, 0.05) is 5.49 Å². The summed E-state index contributed by atoms with van der Waals surface area (Å²) >= 11 is 3.21. The third-order valence-corrected chi connectivity index (χ3v) is 1.56. The minimum Gasteiger partial charge on any atom is -0.810 e. The van der Waals surface area contributed by atoms with Gasteiger partial charge in [-0.05, 0) is 0 Å². The van der Waals surface area contributed by atoms with E-state index in [0.717, 1.165) is 0 Å². The molecule has 0 aliphatic heterocycles. The summed E-state index contributed by atoms with van der Waals surface area (Å²) < 4.78 is 9.40. The summed E-state index contributed by atoms with van der Waals surface area (Å²) in [6.45, 7) is 0. The summed E-state index contributed by atoms with van der Waals surface area (Å²) in [5.41, 5.74) is -0.590. The van der Waals surface area contributed by atoms with E-state index in [1.54, 1.807) is 0 Å². The maximum atomic E-state index is 9.40. The van der Waals surface area contributed by atoms with E-state index in [0.29, 0.717) is 0 Å². The average molecular weight is 172 g/mol. The summed E-state index contributed by atoms with van der Waals surface area (Å²) in [7, 11) is -4.28. The minimum absolute atomic E-state index is 0. The first kappa shape index (κ1) is 16.8. The van der Waals surface area contributed by atoms with E-state index < -0.39 is 13.1 Å². The van der Waals surface area contributed by atoms with Crippen LogP contribution in [0, 0.1) is 0 Å². The van der Waals surface area contributed by atoms with Crippen molar-refractivity contribution in [2.45, 2.75) is 0 Å². The van der Waals surface area contributed by atoms with E-state index >= 15 is 0 Å². The molecule has 0 aromatic carbocycles. The van der Waals surface area contributed by atoms with Crippen molar-refractivity contribution in [2.75, 3.05) is 5.49 Å². The average Bonchev–Trinajstić information content (AvgIpc) is 1.35. The van der Waals surface area contributed by atoms with Crippen LogP contribution in [0.1, 0.15) is 0 Å². The van der Waals surface area contributed by atoms with Crippen LogP contribution in [0.25, 0.3) is 0 Å². The normalized spacial score (nSPS) is 8.88. The minimum atomic E-state index is -4.28. The smallest absolute Gasteiger partial charge is 0.810 e. The van der Waals surface area contributed by atoms with Crippen molar-refractivity contribution in [3.05, 3.63) is 0 Å². The summed E-state index contributed by atoms with van der Waals surface area (Å²) in [5.74, 6) is 0. The Morgan fingerprint density at radius 1 is 1.38 bits per heavy atom. The van der Waals surface area contributed by atoms with Crippen LogP contribution in [-0.2, 0) is 4.57 Å². The molecule has 3 nitrogen and oxygen atoms in total. The molecule has 0 radical (unpaired) electrons. The van der Waals surface area contributed by atoms with Gasteiger partial charge < -0.3 is 14.4 Å². The Labute approximate surface area is 97.8 Å². The second kappa shape index (κ2) is 7.61. The molecule has 0 unspecified atom stereocenters. The van der Waals surface area contributed by atoms with Crippen LogP contribution in [0.3, 0.4) is 0 Å². The topological polar surface area (TPSA) is 63.2 Å². The van der Waals surface area contributed by atoms with E-state index in [-0.39, 0.29) is 59.1 Å². The fourth-order valence-electron chi connectivity index (χ4n) is 0. The molecule has 0 heterocycles. The van der Waals surface area contributed by atoms with Crippen LogP contribution in [0.5, 0.6) is 0 Å². The second-order valence-electron chi connectivity index (χ2n) is 0.752. The molecule has 7 heteroatoms. The van der Waals surface area contributed by atoms with E-state index in [1.165, 1.54) is 0 Å². The van der Waals surface area contributed by atoms with E-state index in [4.69, 9.17) is 0 Å². The molecular formula is CH3Na2O3PS. The molecule has 0 bridgehead atoms. The molecular weight excluding hydrogens is 169 g/mol. The Balaban J connectivity index is -0.000000125. The molecule has 0 saturated heterocycles. The fraction of sp³-hybridized carbons (Fsp3) is 1.00. The second-order valence-corrected chi connectivity index (χ2v) is 3.11. The number of thiol groups is 1. The largest absolute Gasteiger partial charge is 1.00 e. The molecule has 0 aliphatic carbocycles. The third kappa shape index (κ3) is 15.8. The molecule has 0 saturated carbocycles. The van der Waals surface area contributed by atoms with Gasteiger partial charge in [0.25, 0.3) is 0 Å². The maximum absolute atomic E-state index is 9.40. The zero-order chi connectivity index (χ0) is 5.21. The Kier molecular flexibility index (Phi) is 16.0. The van der Waals surface area contributed by atoms with Crippen molar-refractivity contribution in [3.63, 3.8) is 0 Å². The maximum Gasteiger partial charge on any atom is 1.00 e. The summed E-state index contributed by atoms with van der Waals surface area (Å²) in [6.07, 6.45) is 0. The first-order chi connectivity index (χ1) is 2.56. The van der Waals surface area contributed by atoms with Gasteiger partial charge in [0.15, 0.2) is 0 Å². The molecule has 0 aromatic heterocycles. The Hall–Kier alpha value is 2.50. The molecule has 0 amide bonds. The fourth-order valence-corrected chi connectivity index (χ4v) is 0. The van der Waals surface area contributed by atoms with Gasteiger partial charge in [0.1, 0.15) is 0 Å². The summed E-state index contributed by atoms with van der Waals surface area (Å²) in [6, 6.07) is 0. The van der Waals surface area contributed by atoms with Crippen LogP contribution in [0.2, 0.25) is 0 Å².